The molecule has 1 aliphatic rings. The fraction of sp³-hybridized carbons (Fsp3) is 0.267. The van der Waals surface area contributed by atoms with Gasteiger partial charge in [0.05, 0.1) is 11.1 Å². The van der Waals surface area contributed by atoms with Crippen LogP contribution in [0.2, 0.25) is 5.02 Å². The van der Waals surface area contributed by atoms with E-state index < -0.39 is 11.4 Å². The van der Waals surface area contributed by atoms with Crippen LogP contribution in [0.1, 0.15) is 35.2 Å². The average Bonchev–Trinajstić information content (AvgIpc) is 2.53. The molecule has 0 aliphatic heterocycles. The van der Waals surface area contributed by atoms with Crippen LogP contribution < -0.4 is 16.6 Å². The first kappa shape index (κ1) is 15.6. The highest BCUT2D eigenvalue weighted by Crippen LogP contribution is 2.45. The van der Waals surface area contributed by atoms with Crippen molar-refractivity contribution in [3.05, 3.63) is 52.6 Å². The number of carbonyl (C=O) groups excluding carboxylic acids is 1. The quantitative estimate of drug-likeness (QED) is 0.453. The fourth-order valence-corrected chi connectivity index (χ4v) is 2.84. The van der Waals surface area contributed by atoms with Crippen molar-refractivity contribution in [1.29, 1.82) is 0 Å². The molecule has 2 aromatic rings. The second-order valence-corrected chi connectivity index (χ2v) is 5.89. The van der Waals surface area contributed by atoms with Crippen LogP contribution in [0.4, 0.5) is 10.3 Å². The van der Waals surface area contributed by atoms with E-state index in [1.807, 2.05) is 5.43 Å². The number of hydrogen-bond acceptors (Lipinski definition) is 5. The lowest BCUT2D eigenvalue weighted by Gasteiger charge is -2.43. The van der Waals surface area contributed by atoms with Crippen molar-refractivity contribution in [3.8, 4) is 0 Å². The Labute approximate surface area is 137 Å². The minimum Gasteiger partial charge on any atom is -0.345 e. The molecule has 0 unspecified atom stereocenters. The Morgan fingerprint density at radius 1 is 1.30 bits per heavy atom. The molecule has 1 aromatic heterocycles. The van der Waals surface area contributed by atoms with Crippen LogP contribution in [0.5, 0.6) is 0 Å². The summed E-state index contributed by atoms with van der Waals surface area (Å²) in [5.74, 6) is 4.58. The molecular formula is C15H15ClFN5O. The molecule has 0 atom stereocenters. The molecule has 1 fully saturated rings. The van der Waals surface area contributed by atoms with Crippen molar-refractivity contribution < 1.29 is 9.18 Å². The van der Waals surface area contributed by atoms with Gasteiger partial charge in [-0.15, -0.1) is 0 Å². The average molecular weight is 336 g/mol. The van der Waals surface area contributed by atoms with E-state index >= 15 is 0 Å². The van der Waals surface area contributed by atoms with Crippen LogP contribution in [-0.2, 0) is 5.54 Å². The molecular weight excluding hydrogens is 321 g/mol. The van der Waals surface area contributed by atoms with Crippen LogP contribution >= 0.6 is 11.6 Å². The molecule has 1 aliphatic carbocycles. The second kappa shape index (κ2) is 6.10. The zero-order valence-corrected chi connectivity index (χ0v) is 12.9. The summed E-state index contributed by atoms with van der Waals surface area (Å²) in [6.45, 7) is 0. The van der Waals surface area contributed by atoms with Crippen molar-refractivity contribution in [2.24, 2.45) is 5.84 Å². The number of nitrogens with zero attached hydrogens (tertiary/aromatic N) is 2. The molecule has 6 nitrogen and oxygen atoms in total. The van der Waals surface area contributed by atoms with Crippen LogP contribution in [0.3, 0.4) is 0 Å². The molecule has 8 heteroatoms. The van der Waals surface area contributed by atoms with Crippen molar-refractivity contribution in [2.45, 2.75) is 24.8 Å². The monoisotopic (exact) mass is 335 g/mol. The largest absolute Gasteiger partial charge is 0.345 e. The summed E-state index contributed by atoms with van der Waals surface area (Å²) in [4.78, 5) is 19.6. The third kappa shape index (κ3) is 2.97. The first-order valence-electron chi connectivity index (χ1n) is 7.11. The first-order chi connectivity index (χ1) is 11.0. The number of aromatic nitrogens is 2. The van der Waals surface area contributed by atoms with E-state index in [4.69, 9.17) is 17.4 Å². The summed E-state index contributed by atoms with van der Waals surface area (Å²) in [5, 5.41) is 3.65. The Morgan fingerprint density at radius 3 is 2.57 bits per heavy atom. The van der Waals surface area contributed by atoms with Gasteiger partial charge in [-0.1, -0.05) is 11.6 Å². The predicted octanol–water partition coefficient (Wildman–Crippen LogP) is 2.36. The Kier molecular flexibility index (Phi) is 4.14. The lowest BCUT2D eigenvalue weighted by molar-refractivity contribution is 0.0953. The molecule has 120 valence electrons. The van der Waals surface area contributed by atoms with Crippen LogP contribution in [0.25, 0.3) is 0 Å². The van der Waals surface area contributed by atoms with Crippen molar-refractivity contribution in [1.82, 2.24) is 15.4 Å². The summed E-state index contributed by atoms with van der Waals surface area (Å²) >= 11 is 6.00. The van der Waals surface area contributed by atoms with Gasteiger partial charge in [-0.2, -0.15) is 0 Å². The summed E-state index contributed by atoms with van der Waals surface area (Å²) < 4.78 is 14.2. The number of nitrogens with two attached hydrogens (primary N) is 1. The minimum atomic E-state index is -0.577. The van der Waals surface area contributed by atoms with Gasteiger partial charge in [-0.05, 0) is 37.5 Å². The Morgan fingerprint density at radius 2 is 2.00 bits per heavy atom. The molecule has 0 saturated heterocycles. The van der Waals surface area contributed by atoms with Crippen molar-refractivity contribution >= 4 is 23.5 Å². The SMILES string of the molecule is NNC(=O)c1cnc(NC2(c3cc(Cl)ccc3F)CCC2)nc1. The van der Waals surface area contributed by atoms with Gasteiger partial charge < -0.3 is 5.32 Å². The van der Waals surface area contributed by atoms with Crippen LogP contribution in [-0.4, -0.2) is 15.9 Å². The predicted molar refractivity (Wildman–Crippen MR) is 84.2 cm³/mol. The van der Waals surface area contributed by atoms with Crippen LogP contribution in [0, 0.1) is 5.82 Å². The number of carbonyl (C=O) groups is 1. The van der Waals surface area contributed by atoms with Gasteiger partial charge in [0, 0.05) is 23.0 Å². The third-order valence-corrected chi connectivity index (χ3v) is 4.28. The lowest BCUT2D eigenvalue weighted by atomic mass is 9.71. The highest BCUT2D eigenvalue weighted by Gasteiger charge is 2.41. The summed E-state index contributed by atoms with van der Waals surface area (Å²) in [6, 6.07) is 4.50. The molecule has 3 rings (SSSR count). The highest BCUT2D eigenvalue weighted by molar-refractivity contribution is 6.30. The molecule has 1 heterocycles. The second-order valence-electron chi connectivity index (χ2n) is 5.45. The van der Waals surface area contributed by atoms with Gasteiger partial charge in [0.15, 0.2) is 0 Å². The summed E-state index contributed by atoms with van der Waals surface area (Å²) in [7, 11) is 0. The zero-order valence-electron chi connectivity index (χ0n) is 12.1. The number of nitrogens with one attached hydrogen (secondary N) is 2. The topological polar surface area (TPSA) is 92.9 Å². The molecule has 0 bridgehead atoms. The number of hydrogen-bond donors (Lipinski definition) is 3. The van der Waals surface area contributed by atoms with E-state index in [0.717, 1.165) is 19.3 Å². The van der Waals surface area contributed by atoms with E-state index in [1.165, 1.54) is 24.5 Å². The lowest BCUT2D eigenvalue weighted by Crippen LogP contribution is -2.43. The normalized spacial score (nSPS) is 15.6. The van der Waals surface area contributed by atoms with Gasteiger partial charge >= 0.3 is 0 Å². The van der Waals surface area contributed by atoms with Crippen molar-refractivity contribution in [2.75, 3.05) is 5.32 Å². The standard InChI is InChI=1S/C15H15ClFN5O/c16-10-2-3-12(17)11(6-10)15(4-1-5-15)21-14-19-7-9(8-20-14)13(23)22-18/h2-3,6-8H,1,4-5,18H2,(H,22,23)(H,19,20,21). The molecule has 0 spiro atoms. The van der Waals surface area contributed by atoms with E-state index in [9.17, 15) is 9.18 Å². The summed E-state index contributed by atoms with van der Waals surface area (Å²) in [6.07, 6.45) is 5.18. The van der Waals surface area contributed by atoms with Crippen molar-refractivity contribution in [3.63, 3.8) is 0 Å². The number of amides is 1. The van der Waals surface area contributed by atoms with Crippen LogP contribution in [0.15, 0.2) is 30.6 Å². The molecule has 23 heavy (non-hydrogen) atoms. The van der Waals surface area contributed by atoms with E-state index in [-0.39, 0.29) is 11.4 Å². The Bertz CT molecular complexity index is 733. The van der Waals surface area contributed by atoms with Gasteiger partial charge in [-0.3, -0.25) is 10.2 Å². The molecule has 1 aromatic carbocycles. The molecule has 1 amide bonds. The smallest absolute Gasteiger partial charge is 0.268 e. The number of hydrazine groups is 1. The number of benzene rings is 1. The maximum atomic E-state index is 14.2. The Hall–Kier alpha value is -2.25. The van der Waals surface area contributed by atoms with E-state index in [2.05, 4.69) is 15.3 Å². The number of rotatable bonds is 4. The van der Waals surface area contributed by atoms with Gasteiger partial charge in [0.1, 0.15) is 5.82 Å². The molecule has 0 radical (unpaired) electrons. The fourth-order valence-electron chi connectivity index (χ4n) is 2.66. The van der Waals surface area contributed by atoms with Gasteiger partial charge in [0.2, 0.25) is 5.95 Å². The first-order valence-corrected chi connectivity index (χ1v) is 7.48. The highest BCUT2D eigenvalue weighted by atomic mass is 35.5. The zero-order chi connectivity index (χ0) is 16.4. The number of anilines is 1. The number of nitrogen functional groups attached to an aromatic ring is 1. The summed E-state index contributed by atoms with van der Waals surface area (Å²) in [5.41, 5.74) is 2.18. The Balaban J connectivity index is 1.87. The third-order valence-electron chi connectivity index (χ3n) is 4.05. The number of halogens is 2. The molecule has 1 saturated carbocycles. The maximum absolute atomic E-state index is 14.2. The van der Waals surface area contributed by atoms with E-state index in [0.29, 0.717) is 16.5 Å². The minimum absolute atomic E-state index is 0.245. The molecule has 4 N–H and O–H groups in total. The maximum Gasteiger partial charge on any atom is 0.268 e. The van der Waals surface area contributed by atoms with Gasteiger partial charge in [0.25, 0.3) is 5.91 Å². The van der Waals surface area contributed by atoms with E-state index in [1.54, 1.807) is 6.07 Å². The van der Waals surface area contributed by atoms with Gasteiger partial charge in [-0.25, -0.2) is 20.2 Å².